The molecule has 0 bridgehead atoms. The van der Waals surface area contributed by atoms with Gasteiger partial charge in [-0.1, -0.05) is 6.07 Å². The summed E-state index contributed by atoms with van der Waals surface area (Å²) in [7, 11) is 1.58. The van der Waals surface area contributed by atoms with Gasteiger partial charge in [-0.2, -0.15) is 0 Å². The molecule has 4 rings (SSSR count). The lowest BCUT2D eigenvalue weighted by Gasteiger charge is -2.08. The Bertz CT molecular complexity index is 1290. The molecule has 0 spiro atoms. The number of hydrogen-bond donors (Lipinski definition) is 3. The highest BCUT2D eigenvalue weighted by atomic mass is 32.1. The van der Waals surface area contributed by atoms with Crippen LogP contribution >= 0.6 is 12.2 Å². The Hall–Kier alpha value is -3.46. The third-order valence-corrected chi connectivity index (χ3v) is 4.78. The Morgan fingerprint density at radius 3 is 2.89 bits per heavy atom. The first-order valence-electron chi connectivity index (χ1n) is 8.55. The second-order valence-corrected chi connectivity index (χ2v) is 6.63. The van der Waals surface area contributed by atoms with Gasteiger partial charge in [-0.3, -0.25) is 19.1 Å². The monoisotopic (exact) mass is 395 g/mol. The molecule has 1 amide bonds. The average molecular weight is 395 g/mol. The van der Waals surface area contributed by atoms with Crippen LogP contribution in [0.15, 0.2) is 47.5 Å². The number of pyridine rings is 1. The largest absolute Gasteiger partial charge is 0.497 e. The Morgan fingerprint density at radius 1 is 1.29 bits per heavy atom. The van der Waals surface area contributed by atoms with Crippen LogP contribution in [0, 0.1) is 4.77 Å². The SMILES string of the molecule is COc1ccc2[nH]c3c(=O)n(CC(=O)NCc4cccnc4)c(=S)[nH]c3c2c1. The quantitative estimate of drug-likeness (QED) is 0.450. The van der Waals surface area contributed by atoms with Gasteiger partial charge in [-0.15, -0.1) is 0 Å². The number of methoxy groups -OCH3 is 1. The number of H-pyrrole nitrogens is 2. The number of aromatic nitrogens is 4. The maximum absolute atomic E-state index is 12.9. The van der Waals surface area contributed by atoms with Crippen molar-refractivity contribution in [1.29, 1.82) is 0 Å². The van der Waals surface area contributed by atoms with Crippen molar-refractivity contribution in [2.24, 2.45) is 0 Å². The van der Waals surface area contributed by atoms with E-state index in [1.165, 1.54) is 4.57 Å². The third-order valence-electron chi connectivity index (χ3n) is 4.46. The highest BCUT2D eigenvalue weighted by Crippen LogP contribution is 2.25. The zero-order valence-corrected chi connectivity index (χ0v) is 15.8. The lowest BCUT2D eigenvalue weighted by molar-refractivity contribution is -0.121. The number of fused-ring (bicyclic) bond motifs is 3. The second-order valence-electron chi connectivity index (χ2n) is 6.25. The Balaban J connectivity index is 1.66. The minimum absolute atomic E-state index is 0.178. The van der Waals surface area contributed by atoms with Gasteiger partial charge in [-0.25, -0.2) is 0 Å². The van der Waals surface area contributed by atoms with E-state index in [0.717, 1.165) is 16.5 Å². The van der Waals surface area contributed by atoms with E-state index in [1.807, 2.05) is 18.2 Å². The van der Waals surface area contributed by atoms with Gasteiger partial charge >= 0.3 is 0 Å². The van der Waals surface area contributed by atoms with E-state index in [2.05, 4.69) is 20.3 Å². The topological polar surface area (TPSA) is 105 Å². The molecule has 8 nitrogen and oxygen atoms in total. The molecule has 0 aliphatic heterocycles. The van der Waals surface area contributed by atoms with Crippen molar-refractivity contribution in [3.63, 3.8) is 0 Å². The molecule has 4 aromatic rings. The number of aromatic amines is 2. The zero-order valence-electron chi connectivity index (χ0n) is 15.0. The lowest BCUT2D eigenvalue weighted by Crippen LogP contribution is -2.33. The van der Waals surface area contributed by atoms with Gasteiger partial charge in [0.15, 0.2) is 4.77 Å². The molecule has 0 saturated heterocycles. The summed E-state index contributed by atoms with van der Waals surface area (Å²) < 4.78 is 6.66. The molecule has 0 radical (unpaired) electrons. The summed E-state index contributed by atoms with van der Waals surface area (Å²) in [6.45, 7) is 0.148. The average Bonchev–Trinajstić information content (AvgIpc) is 3.08. The standard InChI is InChI=1S/C19H17N5O3S/c1-27-12-4-5-14-13(7-12)16-17(22-14)18(26)24(19(28)23-16)10-15(25)21-9-11-3-2-6-20-8-11/h2-8,22H,9-10H2,1H3,(H,21,25)(H,23,28). The van der Waals surface area contributed by atoms with E-state index >= 15 is 0 Å². The number of amides is 1. The van der Waals surface area contributed by atoms with Gasteiger partial charge in [-0.05, 0) is 42.0 Å². The Labute approximate surface area is 164 Å². The van der Waals surface area contributed by atoms with Gasteiger partial charge in [0.25, 0.3) is 5.56 Å². The minimum Gasteiger partial charge on any atom is -0.497 e. The van der Waals surface area contributed by atoms with Crippen molar-refractivity contribution in [1.82, 2.24) is 24.8 Å². The summed E-state index contributed by atoms with van der Waals surface area (Å²) in [5.41, 5.74) is 2.24. The molecule has 0 aliphatic carbocycles. The molecule has 0 atom stereocenters. The Morgan fingerprint density at radius 2 is 2.14 bits per heavy atom. The Kier molecular flexibility index (Phi) is 4.66. The van der Waals surface area contributed by atoms with Crippen LogP contribution in [0.3, 0.4) is 0 Å². The molecule has 3 N–H and O–H groups in total. The molecular formula is C19H17N5O3S. The van der Waals surface area contributed by atoms with E-state index in [4.69, 9.17) is 17.0 Å². The first-order valence-corrected chi connectivity index (χ1v) is 8.96. The number of nitrogens with one attached hydrogen (secondary N) is 3. The summed E-state index contributed by atoms with van der Waals surface area (Å²) in [5.74, 6) is 0.356. The van der Waals surface area contributed by atoms with Crippen molar-refractivity contribution in [2.75, 3.05) is 7.11 Å². The predicted octanol–water partition coefficient (Wildman–Crippen LogP) is 2.26. The van der Waals surface area contributed by atoms with E-state index in [9.17, 15) is 9.59 Å². The number of carbonyl (C=O) groups is 1. The third kappa shape index (κ3) is 3.27. The smallest absolute Gasteiger partial charge is 0.279 e. The maximum Gasteiger partial charge on any atom is 0.279 e. The van der Waals surface area contributed by atoms with Crippen LogP contribution in [0.25, 0.3) is 21.9 Å². The fraction of sp³-hybridized carbons (Fsp3) is 0.158. The fourth-order valence-electron chi connectivity index (χ4n) is 3.04. The fourth-order valence-corrected chi connectivity index (χ4v) is 3.29. The maximum atomic E-state index is 12.9. The van der Waals surface area contributed by atoms with Crippen LogP contribution in [-0.4, -0.2) is 32.5 Å². The highest BCUT2D eigenvalue weighted by molar-refractivity contribution is 7.71. The summed E-state index contributed by atoms with van der Waals surface area (Å²) in [4.78, 5) is 35.4. The molecular weight excluding hydrogens is 378 g/mol. The zero-order chi connectivity index (χ0) is 19.7. The van der Waals surface area contributed by atoms with Crippen LogP contribution < -0.4 is 15.6 Å². The van der Waals surface area contributed by atoms with E-state index in [1.54, 1.807) is 31.6 Å². The molecule has 0 unspecified atom stereocenters. The predicted molar refractivity (Wildman–Crippen MR) is 108 cm³/mol. The van der Waals surface area contributed by atoms with Crippen LogP contribution in [0.2, 0.25) is 0 Å². The highest BCUT2D eigenvalue weighted by Gasteiger charge is 2.14. The van der Waals surface area contributed by atoms with Crippen LogP contribution in [0.5, 0.6) is 5.75 Å². The molecule has 28 heavy (non-hydrogen) atoms. The molecule has 142 valence electrons. The van der Waals surface area contributed by atoms with Crippen molar-refractivity contribution in [3.8, 4) is 5.75 Å². The molecule has 0 aliphatic rings. The first kappa shape index (κ1) is 17.9. The summed E-state index contributed by atoms with van der Waals surface area (Å²) in [5, 5.41) is 3.56. The minimum atomic E-state index is -0.356. The molecule has 0 fully saturated rings. The van der Waals surface area contributed by atoms with E-state index < -0.39 is 0 Å². The number of ether oxygens (including phenoxy) is 1. The summed E-state index contributed by atoms with van der Waals surface area (Å²) in [6.07, 6.45) is 3.33. The van der Waals surface area contributed by atoms with Gasteiger partial charge in [0.2, 0.25) is 5.91 Å². The van der Waals surface area contributed by atoms with Crippen molar-refractivity contribution < 1.29 is 9.53 Å². The summed E-state index contributed by atoms with van der Waals surface area (Å²) >= 11 is 5.33. The second kappa shape index (κ2) is 7.28. The summed E-state index contributed by atoms with van der Waals surface area (Å²) in [6, 6.07) is 9.10. The van der Waals surface area contributed by atoms with Crippen molar-refractivity contribution in [2.45, 2.75) is 13.1 Å². The molecule has 0 saturated carbocycles. The first-order chi connectivity index (χ1) is 13.6. The molecule has 3 aromatic heterocycles. The van der Waals surface area contributed by atoms with Crippen LogP contribution in [0.4, 0.5) is 0 Å². The normalized spacial score (nSPS) is 11.0. The van der Waals surface area contributed by atoms with Crippen LogP contribution in [0.1, 0.15) is 5.56 Å². The number of carbonyl (C=O) groups excluding carboxylic acids is 1. The number of hydrogen-bond acceptors (Lipinski definition) is 5. The number of benzene rings is 1. The van der Waals surface area contributed by atoms with Gasteiger partial charge in [0.05, 0.1) is 12.6 Å². The number of rotatable bonds is 5. The van der Waals surface area contributed by atoms with Crippen molar-refractivity contribution in [3.05, 3.63) is 63.4 Å². The lowest BCUT2D eigenvalue weighted by atomic mass is 10.2. The molecule has 9 heteroatoms. The molecule has 3 heterocycles. The van der Waals surface area contributed by atoms with Gasteiger partial charge in [0.1, 0.15) is 17.8 Å². The van der Waals surface area contributed by atoms with E-state index in [0.29, 0.717) is 23.3 Å². The van der Waals surface area contributed by atoms with Gasteiger partial charge < -0.3 is 20.0 Å². The van der Waals surface area contributed by atoms with Crippen LogP contribution in [-0.2, 0) is 17.9 Å². The van der Waals surface area contributed by atoms with Gasteiger partial charge in [0, 0.05) is 29.8 Å². The molecule has 1 aromatic carbocycles. The van der Waals surface area contributed by atoms with E-state index in [-0.39, 0.29) is 22.8 Å². The number of nitrogens with zero attached hydrogens (tertiary/aromatic N) is 2. The van der Waals surface area contributed by atoms with Crippen molar-refractivity contribution >= 4 is 40.1 Å².